The number of likely N-dealkylation sites (N-methyl/N-ethyl adjacent to an activating group) is 2. The number of methoxy groups -OCH3 is 1. The highest BCUT2D eigenvalue weighted by Crippen LogP contribution is 2.38. The Morgan fingerprint density at radius 2 is 1.51 bits per heavy atom. The lowest BCUT2D eigenvalue weighted by molar-refractivity contribution is -0.139. The van der Waals surface area contributed by atoms with Gasteiger partial charge in [0.2, 0.25) is 11.8 Å². The smallest absolute Gasteiger partial charge is 0.410 e. The average molecular weight is 684 g/mol. The summed E-state index contributed by atoms with van der Waals surface area (Å²) in [6.07, 6.45) is 7.97. The largest absolute Gasteiger partial charge is 0.501 e. The molecule has 2 rings (SSSR count). The first-order valence-electron chi connectivity index (χ1n) is 17.0. The average Bonchev–Trinajstić information content (AvgIpc) is 3.28. The molecule has 1 aliphatic rings. The Balaban J connectivity index is 0.00000385. The summed E-state index contributed by atoms with van der Waals surface area (Å²) in [5.41, 5.74) is -0.665. The van der Waals surface area contributed by atoms with Gasteiger partial charge in [0.25, 0.3) is 0 Å². The van der Waals surface area contributed by atoms with E-state index in [9.17, 15) is 24.3 Å². The van der Waals surface area contributed by atoms with Crippen molar-refractivity contribution in [1.82, 2.24) is 15.1 Å². The molecule has 0 saturated carbocycles. The van der Waals surface area contributed by atoms with Crippen LogP contribution >= 0.6 is 0 Å². The van der Waals surface area contributed by atoms with E-state index < -0.39 is 52.4 Å². The number of benzene rings is 1. The molecule has 49 heavy (non-hydrogen) atoms. The Labute approximate surface area is 294 Å². The predicted octanol–water partition coefficient (Wildman–Crippen LogP) is 7.26. The number of rotatable bonds is 12. The van der Waals surface area contributed by atoms with E-state index in [4.69, 9.17) is 9.47 Å². The van der Waals surface area contributed by atoms with E-state index in [-0.39, 0.29) is 12.1 Å². The standard InChI is InChI=1S/C36H53N3O7.C3H8/c1-24(32(42)43)22-23-38(9)31(41)28(35(5,6)26-18-15-19-27(45-11)21-20-26)37-30(40)29(39(10)33(44)46-34(2,3)4)36(7,8)25-16-13-12-14-17-25;1-3-2/h12-14,16-19,22,28-29H,15,20-21,23H2,1-11H3,(H,37,40)(H,42,43);3H2,1-2H3/b24-22+;. The van der Waals surface area contributed by atoms with Crippen LogP contribution in [-0.4, -0.2) is 84.2 Å². The van der Waals surface area contributed by atoms with Crippen LogP contribution in [0.5, 0.6) is 0 Å². The number of hydrogen-bond acceptors (Lipinski definition) is 6. The third-order valence-corrected chi connectivity index (χ3v) is 8.60. The second kappa shape index (κ2) is 18.6. The monoisotopic (exact) mass is 683 g/mol. The van der Waals surface area contributed by atoms with Crippen molar-refractivity contribution < 1.29 is 33.8 Å². The summed E-state index contributed by atoms with van der Waals surface area (Å²) < 4.78 is 11.2. The number of nitrogens with one attached hydrogen (secondary N) is 1. The van der Waals surface area contributed by atoms with Gasteiger partial charge in [-0.15, -0.1) is 0 Å². The van der Waals surface area contributed by atoms with Crippen molar-refractivity contribution in [1.29, 1.82) is 0 Å². The number of nitrogens with zero attached hydrogens (tertiary/aromatic N) is 2. The van der Waals surface area contributed by atoms with E-state index in [2.05, 4.69) is 25.2 Å². The van der Waals surface area contributed by atoms with Crippen LogP contribution in [0, 0.1) is 5.41 Å². The minimum Gasteiger partial charge on any atom is -0.501 e. The van der Waals surface area contributed by atoms with Crippen molar-refractivity contribution in [2.75, 3.05) is 27.7 Å². The molecule has 10 nitrogen and oxygen atoms in total. The van der Waals surface area contributed by atoms with E-state index in [1.807, 2.05) is 64.1 Å². The molecular weight excluding hydrogens is 622 g/mol. The third-order valence-electron chi connectivity index (χ3n) is 8.60. The summed E-state index contributed by atoms with van der Waals surface area (Å²) in [7, 11) is 4.74. The first-order chi connectivity index (χ1) is 22.6. The lowest BCUT2D eigenvalue weighted by Gasteiger charge is -2.43. The van der Waals surface area contributed by atoms with Crippen LogP contribution in [0.25, 0.3) is 0 Å². The van der Waals surface area contributed by atoms with Gasteiger partial charge in [-0.3, -0.25) is 14.5 Å². The topological polar surface area (TPSA) is 125 Å². The summed E-state index contributed by atoms with van der Waals surface area (Å²) in [6.45, 7) is 18.6. The van der Waals surface area contributed by atoms with Crippen molar-refractivity contribution in [2.45, 2.75) is 118 Å². The molecule has 2 atom stereocenters. The third kappa shape index (κ3) is 12.4. The van der Waals surface area contributed by atoms with Gasteiger partial charge in [0, 0.05) is 43.5 Å². The number of carbonyl (C=O) groups excluding carboxylic acids is 3. The quantitative estimate of drug-likeness (QED) is 0.176. The predicted molar refractivity (Wildman–Crippen MR) is 195 cm³/mol. The van der Waals surface area contributed by atoms with Crippen molar-refractivity contribution in [3.63, 3.8) is 0 Å². The Morgan fingerprint density at radius 3 is 2.02 bits per heavy atom. The molecule has 0 heterocycles. The molecule has 2 N–H and O–H groups in total. The maximum Gasteiger partial charge on any atom is 0.410 e. The molecule has 2 unspecified atom stereocenters. The van der Waals surface area contributed by atoms with Crippen LogP contribution in [0.1, 0.15) is 100 Å². The molecule has 3 amide bonds. The van der Waals surface area contributed by atoms with E-state index in [1.165, 1.54) is 36.3 Å². The highest BCUT2D eigenvalue weighted by molar-refractivity contribution is 5.93. The Bertz CT molecular complexity index is 1370. The molecule has 1 aromatic carbocycles. The molecular formula is C39H61N3O7. The number of carboxylic acid groups (broad SMARTS) is 1. The molecule has 0 aliphatic heterocycles. The van der Waals surface area contributed by atoms with Crippen LogP contribution in [0.2, 0.25) is 0 Å². The van der Waals surface area contributed by atoms with Gasteiger partial charge >= 0.3 is 12.1 Å². The number of amides is 3. The van der Waals surface area contributed by atoms with Crippen LogP contribution < -0.4 is 5.32 Å². The number of carbonyl (C=O) groups is 4. The fourth-order valence-electron chi connectivity index (χ4n) is 5.65. The van der Waals surface area contributed by atoms with E-state index in [0.29, 0.717) is 19.3 Å². The molecule has 0 fully saturated rings. The first kappa shape index (κ1) is 42.9. The van der Waals surface area contributed by atoms with Crippen LogP contribution in [0.15, 0.2) is 65.5 Å². The first-order valence-corrected chi connectivity index (χ1v) is 17.0. The molecule has 0 saturated heterocycles. The van der Waals surface area contributed by atoms with Gasteiger partial charge in [0.05, 0.1) is 12.9 Å². The Kier molecular flexibility index (Phi) is 16.3. The molecule has 0 radical (unpaired) electrons. The zero-order valence-corrected chi connectivity index (χ0v) is 32.1. The van der Waals surface area contributed by atoms with Gasteiger partial charge in [-0.05, 0) is 52.2 Å². The number of hydrogen-bond donors (Lipinski definition) is 2. The maximum absolute atomic E-state index is 14.6. The number of allylic oxidation sites excluding steroid dienone is 3. The molecule has 10 heteroatoms. The van der Waals surface area contributed by atoms with Gasteiger partial charge in [-0.2, -0.15) is 0 Å². The van der Waals surface area contributed by atoms with Crippen molar-refractivity contribution in [3.05, 3.63) is 71.0 Å². The fourth-order valence-corrected chi connectivity index (χ4v) is 5.65. The summed E-state index contributed by atoms with van der Waals surface area (Å²) in [5.74, 6) is -1.14. The molecule has 1 aromatic rings. The maximum atomic E-state index is 14.6. The molecule has 1 aliphatic carbocycles. The Hall–Kier alpha value is -4.08. The van der Waals surface area contributed by atoms with Crippen LogP contribution in [-0.2, 0) is 29.3 Å². The van der Waals surface area contributed by atoms with E-state index in [1.54, 1.807) is 34.9 Å². The molecule has 0 aromatic heterocycles. The lowest BCUT2D eigenvalue weighted by Crippen LogP contribution is -2.63. The van der Waals surface area contributed by atoms with Gasteiger partial charge < -0.3 is 24.8 Å². The van der Waals surface area contributed by atoms with Crippen molar-refractivity contribution >= 4 is 23.9 Å². The number of aliphatic carboxylic acids is 1. The van der Waals surface area contributed by atoms with Gasteiger partial charge in [-0.25, -0.2) is 9.59 Å². The van der Waals surface area contributed by atoms with Gasteiger partial charge in [0.15, 0.2) is 0 Å². The summed E-state index contributed by atoms with van der Waals surface area (Å²) >= 11 is 0. The fraction of sp³-hybridized carbons (Fsp3) is 0.590. The zero-order valence-electron chi connectivity index (χ0n) is 32.1. The van der Waals surface area contributed by atoms with Crippen LogP contribution in [0.3, 0.4) is 0 Å². The second-order valence-electron chi connectivity index (χ2n) is 14.7. The summed E-state index contributed by atoms with van der Waals surface area (Å²) in [4.78, 5) is 56.4. The minimum atomic E-state index is -1.08. The number of carboxylic acids is 1. The van der Waals surface area contributed by atoms with Crippen LogP contribution in [0.4, 0.5) is 4.79 Å². The SMILES string of the molecule is CCC.COC1=CCC=C(C(C)(C)C(NC(=O)C(N(C)C(=O)OC(C)(C)C)C(C)(C)c2ccccc2)C(=O)N(C)C/C=C(\C)C(=O)O)CC1. The van der Waals surface area contributed by atoms with Crippen molar-refractivity contribution in [2.24, 2.45) is 5.41 Å². The van der Waals surface area contributed by atoms with Gasteiger partial charge in [-0.1, -0.05) is 96.0 Å². The van der Waals surface area contributed by atoms with E-state index >= 15 is 0 Å². The highest BCUT2D eigenvalue weighted by Gasteiger charge is 2.47. The summed E-state index contributed by atoms with van der Waals surface area (Å²) in [6, 6.07) is 7.30. The second-order valence-corrected chi connectivity index (χ2v) is 14.7. The lowest BCUT2D eigenvalue weighted by atomic mass is 9.73. The molecule has 274 valence electrons. The van der Waals surface area contributed by atoms with Crippen molar-refractivity contribution in [3.8, 4) is 0 Å². The van der Waals surface area contributed by atoms with Gasteiger partial charge in [0.1, 0.15) is 17.7 Å². The normalized spacial score (nSPS) is 15.2. The molecule has 0 bridgehead atoms. The highest BCUT2D eigenvalue weighted by atomic mass is 16.6. The Morgan fingerprint density at radius 1 is 0.939 bits per heavy atom. The number of ether oxygens (including phenoxy) is 2. The van der Waals surface area contributed by atoms with E-state index in [0.717, 1.165) is 16.9 Å². The summed E-state index contributed by atoms with van der Waals surface area (Å²) in [5, 5.41) is 12.4. The minimum absolute atomic E-state index is 0.0323. The zero-order chi connectivity index (χ0) is 37.7. The molecule has 0 spiro atoms.